The van der Waals surface area contributed by atoms with Gasteiger partial charge in [0, 0.05) is 20.1 Å². The van der Waals surface area contributed by atoms with Gasteiger partial charge in [-0.1, -0.05) is 30.3 Å². The summed E-state index contributed by atoms with van der Waals surface area (Å²) in [5.74, 6) is 0.0679. The van der Waals surface area contributed by atoms with Crippen molar-refractivity contribution in [2.45, 2.75) is 19.4 Å². The van der Waals surface area contributed by atoms with Crippen molar-refractivity contribution in [3.05, 3.63) is 35.9 Å². The number of rotatable bonds is 6. The molecule has 0 aliphatic carbocycles. The maximum Gasteiger partial charge on any atom is 0.219 e. The SMILES string of the molecule is CNC(=O)CCCOCc1ccccc1. The second-order valence-electron chi connectivity index (χ2n) is 3.31. The van der Waals surface area contributed by atoms with E-state index in [0.29, 0.717) is 19.6 Å². The van der Waals surface area contributed by atoms with E-state index in [-0.39, 0.29) is 5.91 Å². The van der Waals surface area contributed by atoms with Crippen LogP contribution in [0.1, 0.15) is 18.4 Å². The summed E-state index contributed by atoms with van der Waals surface area (Å²) in [7, 11) is 1.65. The zero-order valence-electron chi connectivity index (χ0n) is 9.03. The summed E-state index contributed by atoms with van der Waals surface area (Å²) in [5.41, 5.74) is 1.16. The summed E-state index contributed by atoms with van der Waals surface area (Å²) in [6.45, 7) is 1.25. The second-order valence-corrected chi connectivity index (χ2v) is 3.31. The molecule has 0 aliphatic heterocycles. The molecule has 0 fully saturated rings. The fourth-order valence-electron chi connectivity index (χ4n) is 1.22. The van der Waals surface area contributed by atoms with Crippen molar-refractivity contribution >= 4 is 5.91 Å². The minimum Gasteiger partial charge on any atom is -0.377 e. The number of nitrogens with one attached hydrogen (secondary N) is 1. The summed E-state index contributed by atoms with van der Waals surface area (Å²) in [5, 5.41) is 2.58. The van der Waals surface area contributed by atoms with Crippen LogP contribution in [0, 0.1) is 0 Å². The minimum atomic E-state index is 0.0679. The van der Waals surface area contributed by atoms with Crippen LogP contribution in [0.3, 0.4) is 0 Å². The monoisotopic (exact) mass is 207 g/mol. The molecule has 1 rings (SSSR count). The van der Waals surface area contributed by atoms with Crippen LogP contribution in [0.15, 0.2) is 30.3 Å². The highest BCUT2D eigenvalue weighted by atomic mass is 16.5. The van der Waals surface area contributed by atoms with E-state index in [4.69, 9.17) is 4.74 Å². The van der Waals surface area contributed by atoms with Crippen molar-refractivity contribution in [2.24, 2.45) is 0 Å². The molecule has 0 unspecified atom stereocenters. The Bertz CT molecular complexity index is 285. The standard InChI is InChI=1S/C12H17NO2/c1-13-12(14)8-5-9-15-10-11-6-3-2-4-7-11/h2-4,6-7H,5,8-10H2,1H3,(H,13,14). The lowest BCUT2D eigenvalue weighted by molar-refractivity contribution is -0.120. The number of carbonyl (C=O) groups excluding carboxylic acids is 1. The summed E-state index contributed by atoms with van der Waals surface area (Å²) in [6, 6.07) is 10.0. The van der Waals surface area contributed by atoms with Crippen molar-refractivity contribution < 1.29 is 9.53 Å². The van der Waals surface area contributed by atoms with Crippen LogP contribution in [0.25, 0.3) is 0 Å². The zero-order valence-corrected chi connectivity index (χ0v) is 9.03. The molecule has 0 saturated heterocycles. The largest absolute Gasteiger partial charge is 0.377 e. The third-order valence-electron chi connectivity index (χ3n) is 2.08. The van der Waals surface area contributed by atoms with E-state index < -0.39 is 0 Å². The third kappa shape index (κ3) is 5.18. The van der Waals surface area contributed by atoms with Crippen LogP contribution >= 0.6 is 0 Å². The van der Waals surface area contributed by atoms with Gasteiger partial charge in [0.15, 0.2) is 0 Å². The molecule has 0 radical (unpaired) electrons. The topological polar surface area (TPSA) is 38.3 Å². The van der Waals surface area contributed by atoms with E-state index in [9.17, 15) is 4.79 Å². The Labute approximate surface area is 90.4 Å². The minimum absolute atomic E-state index is 0.0679. The number of hydrogen-bond donors (Lipinski definition) is 1. The van der Waals surface area contributed by atoms with E-state index in [1.807, 2.05) is 30.3 Å². The fraction of sp³-hybridized carbons (Fsp3) is 0.417. The van der Waals surface area contributed by atoms with Crippen molar-refractivity contribution in [1.82, 2.24) is 5.32 Å². The maximum atomic E-state index is 10.9. The molecular formula is C12H17NO2. The lowest BCUT2D eigenvalue weighted by Crippen LogP contribution is -2.17. The van der Waals surface area contributed by atoms with Gasteiger partial charge in [0.25, 0.3) is 0 Å². The molecule has 0 heterocycles. The van der Waals surface area contributed by atoms with E-state index >= 15 is 0 Å². The predicted octanol–water partition coefficient (Wildman–Crippen LogP) is 1.73. The van der Waals surface area contributed by atoms with Crippen LogP contribution < -0.4 is 5.32 Å². The summed E-state index contributed by atoms with van der Waals surface area (Å²) >= 11 is 0. The van der Waals surface area contributed by atoms with Gasteiger partial charge in [0.2, 0.25) is 5.91 Å². The summed E-state index contributed by atoms with van der Waals surface area (Å²) in [6.07, 6.45) is 1.30. The highest BCUT2D eigenvalue weighted by molar-refractivity contribution is 5.75. The van der Waals surface area contributed by atoms with Crippen LogP contribution in [-0.2, 0) is 16.1 Å². The lowest BCUT2D eigenvalue weighted by Gasteiger charge is -2.03. The van der Waals surface area contributed by atoms with Gasteiger partial charge in [-0.15, -0.1) is 0 Å². The average Bonchev–Trinajstić information content (AvgIpc) is 2.29. The molecule has 1 aromatic carbocycles. The summed E-state index contributed by atoms with van der Waals surface area (Å²) in [4.78, 5) is 10.9. The van der Waals surface area contributed by atoms with E-state index in [2.05, 4.69) is 5.32 Å². The molecule has 0 saturated carbocycles. The Morgan fingerprint density at radius 2 is 2.07 bits per heavy atom. The maximum absolute atomic E-state index is 10.9. The normalized spacial score (nSPS) is 9.93. The molecule has 82 valence electrons. The van der Waals surface area contributed by atoms with Gasteiger partial charge in [-0.05, 0) is 12.0 Å². The molecule has 0 aromatic heterocycles. The van der Waals surface area contributed by atoms with Gasteiger partial charge < -0.3 is 10.1 Å². The van der Waals surface area contributed by atoms with Gasteiger partial charge in [0.05, 0.1) is 6.61 Å². The Kier molecular flexibility index (Phi) is 5.48. The molecule has 0 spiro atoms. The Balaban J connectivity index is 2.05. The molecule has 1 amide bonds. The molecule has 1 aromatic rings. The first kappa shape index (κ1) is 11.7. The van der Waals surface area contributed by atoms with Crippen LogP contribution in [0.2, 0.25) is 0 Å². The highest BCUT2D eigenvalue weighted by Gasteiger charge is 1.97. The van der Waals surface area contributed by atoms with E-state index in [0.717, 1.165) is 12.0 Å². The first-order chi connectivity index (χ1) is 7.33. The Morgan fingerprint density at radius 3 is 2.73 bits per heavy atom. The first-order valence-corrected chi connectivity index (χ1v) is 5.15. The fourth-order valence-corrected chi connectivity index (χ4v) is 1.22. The number of carbonyl (C=O) groups is 1. The molecule has 15 heavy (non-hydrogen) atoms. The third-order valence-corrected chi connectivity index (χ3v) is 2.08. The average molecular weight is 207 g/mol. The van der Waals surface area contributed by atoms with Gasteiger partial charge in [-0.25, -0.2) is 0 Å². The van der Waals surface area contributed by atoms with Gasteiger partial charge in [0.1, 0.15) is 0 Å². The molecule has 0 atom stereocenters. The zero-order chi connectivity index (χ0) is 10.9. The second kappa shape index (κ2) is 7.01. The smallest absolute Gasteiger partial charge is 0.219 e. The number of amides is 1. The Morgan fingerprint density at radius 1 is 1.33 bits per heavy atom. The van der Waals surface area contributed by atoms with E-state index in [1.54, 1.807) is 7.05 Å². The molecule has 0 bridgehead atoms. The van der Waals surface area contributed by atoms with E-state index in [1.165, 1.54) is 0 Å². The quantitative estimate of drug-likeness (QED) is 0.721. The summed E-state index contributed by atoms with van der Waals surface area (Å²) < 4.78 is 5.43. The van der Waals surface area contributed by atoms with Crippen molar-refractivity contribution in [3.63, 3.8) is 0 Å². The van der Waals surface area contributed by atoms with Gasteiger partial charge in [-0.2, -0.15) is 0 Å². The van der Waals surface area contributed by atoms with Crippen LogP contribution in [0.4, 0.5) is 0 Å². The molecular weight excluding hydrogens is 190 g/mol. The number of ether oxygens (including phenoxy) is 1. The lowest BCUT2D eigenvalue weighted by atomic mass is 10.2. The molecule has 0 aliphatic rings. The predicted molar refractivity (Wildman–Crippen MR) is 59.4 cm³/mol. The van der Waals surface area contributed by atoms with Crippen LogP contribution in [0.5, 0.6) is 0 Å². The van der Waals surface area contributed by atoms with Crippen molar-refractivity contribution in [1.29, 1.82) is 0 Å². The number of benzene rings is 1. The Hall–Kier alpha value is -1.35. The number of hydrogen-bond acceptors (Lipinski definition) is 2. The van der Waals surface area contributed by atoms with Gasteiger partial charge >= 0.3 is 0 Å². The first-order valence-electron chi connectivity index (χ1n) is 5.15. The molecule has 1 N–H and O–H groups in total. The van der Waals surface area contributed by atoms with Crippen molar-refractivity contribution in [2.75, 3.05) is 13.7 Å². The molecule has 3 nitrogen and oxygen atoms in total. The van der Waals surface area contributed by atoms with Crippen LogP contribution in [-0.4, -0.2) is 19.6 Å². The van der Waals surface area contributed by atoms with Crippen molar-refractivity contribution in [3.8, 4) is 0 Å². The molecule has 3 heteroatoms. The van der Waals surface area contributed by atoms with Gasteiger partial charge in [-0.3, -0.25) is 4.79 Å². The highest BCUT2D eigenvalue weighted by Crippen LogP contribution is 2.01.